The van der Waals surface area contributed by atoms with Gasteiger partial charge in [0.15, 0.2) is 0 Å². The van der Waals surface area contributed by atoms with Gasteiger partial charge in [-0.2, -0.15) is 0 Å². The second-order valence-corrected chi connectivity index (χ2v) is 5.70. The zero-order valence-corrected chi connectivity index (χ0v) is 12.7. The molecule has 0 saturated carbocycles. The van der Waals surface area contributed by atoms with Gasteiger partial charge in [-0.3, -0.25) is 4.79 Å². The molecular weight excluding hydrogens is 240 g/mol. The average molecular weight is 272 g/mol. The van der Waals surface area contributed by atoms with E-state index in [1.165, 1.54) is 44.9 Å². The van der Waals surface area contributed by atoms with Crippen LogP contribution in [0, 0.1) is 0 Å². The Bertz CT molecular complexity index is 230. The van der Waals surface area contributed by atoms with E-state index in [4.69, 9.17) is 10.8 Å². The fraction of sp³-hybridized carbons (Fsp3) is 0.933. The van der Waals surface area contributed by atoms with E-state index in [-0.39, 0.29) is 12.5 Å². The van der Waals surface area contributed by atoms with Crippen LogP contribution in [-0.4, -0.2) is 23.3 Å². The van der Waals surface area contributed by atoms with Crippen molar-refractivity contribution in [2.24, 2.45) is 5.73 Å². The number of aliphatic hydroxyl groups is 1. The van der Waals surface area contributed by atoms with E-state index in [1.54, 1.807) is 6.92 Å². The molecule has 0 bridgehead atoms. The molecule has 0 aromatic carbocycles. The Morgan fingerprint density at radius 2 is 1.53 bits per heavy atom. The van der Waals surface area contributed by atoms with Gasteiger partial charge in [-0.1, -0.05) is 58.3 Å². The fourth-order valence-electron chi connectivity index (χ4n) is 2.02. The first-order valence-corrected chi connectivity index (χ1v) is 7.72. The van der Waals surface area contributed by atoms with Crippen LogP contribution in [0.2, 0.25) is 0 Å². The summed E-state index contributed by atoms with van der Waals surface area (Å²) in [5.41, 5.74) is 4.66. The normalized spacial score (nSPS) is 14.1. The molecule has 114 valence electrons. The molecule has 4 heteroatoms. The van der Waals surface area contributed by atoms with Crippen LogP contribution in [0.5, 0.6) is 0 Å². The summed E-state index contributed by atoms with van der Waals surface area (Å²) in [6.07, 6.45) is 11.7. The smallest absolute Gasteiger partial charge is 0.221 e. The summed E-state index contributed by atoms with van der Waals surface area (Å²) >= 11 is 0. The van der Waals surface area contributed by atoms with Crippen molar-refractivity contribution in [3.63, 3.8) is 0 Å². The molecule has 0 fully saturated rings. The molecule has 0 heterocycles. The minimum atomic E-state index is -0.990. The van der Waals surface area contributed by atoms with Crippen LogP contribution in [0.25, 0.3) is 0 Å². The van der Waals surface area contributed by atoms with Gasteiger partial charge in [-0.15, -0.1) is 0 Å². The molecule has 4 nitrogen and oxygen atoms in total. The molecule has 1 amide bonds. The lowest BCUT2D eigenvalue weighted by atomic mass is 10.1. The van der Waals surface area contributed by atoms with Gasteiger partial charge in [0.05, 0.1) is 6.61 Å². The molecule has 1 atom stereocenters. The molecule has 0 spiro atoms. The van der Waals surface area contributed by atoms with Crippen LogP contribution < -0.4 is 11.1 Å². The average Bonchev–Trinajstić information content (AvgIpc) is 2.36. The molecule has 0 saturated heterocycles. The lowest BCUT2D eigenvalue weighted by Gasteiger charge is -2.23. The summed E-state index contributed by atoms with van der Waals surface area (Å²) in [6, 6.07) is 0. The molecule has 0 aliphatic rings. The zero-order valence-electron chi connectivity index (χ0n) is 12.7. The van der Waals surface area contributed by atoms with Gasteiger partial charge >= 0.3 is 0 Å². The minimum absolute atomic E-state index is 0.0676. The molecule has 19 heavy (non-hydrogen) atoms. The molecule has 0 aromatic heterocycles. The summed E-state index contributed by atoms with van der Waals surface area (Å²) in [5.74, 6) is -0.0676. The van der Waals surface area contributed by atoms with Crippen LogP contribution in [0.1, 0.15) is 78.1 Å². The van der Waals surface area contributed by atoms with Gasteiger partial charge in [-0.25, -0.2) is 0 Å². The van der Waals surface area contributed by atoms with Crippen LogP contribution in [0.15, 0.2) is 0 Å². The predicted molar refractivity (Wildman–Crippen MR) is 79.7 cm³/mol. The molecule has 0 aliphatic carbocycles. The highest BCUT2D eigenvalue weighted by Crippen LogP contribution is 2.10. The number of rotatable bonds is 12. The van der Waals surface area contributed by atoms with Gasteiger partial charge in [0.25, 0.3) is 0 Å². The highest BCUT2D eigenvalue weighted by Gasteiger charge is 2.18. The quantitative estimate of drug-likeness (QED) is 0.378. The Kier molecular flexibility index (Phi) is 10.9. The highest BCUT2D eigenvalue weighted by atomic mass is 16.3. The van der Waals surface area contributed by atoms with Gasteiger partial charge in [-0.05, 0) is 13.3 Å². The topological polar surface area (TPSA) is 75.4 Å². The van der Waals surface area contributed by atoms with Crippen molar-refractivity contribution < 1.29 is 9.90 Å². The maximum atomic E-state index is 11.5. The Morgan fingerprint density at radius 3 is 2.00 bits per heavy atom. The fourth-order valence-corrected chi connectivity index (χ4v) is 2.02. The van der Waals surface area contributed by atoms with Crippen molar-refractivity contribution in [1.29, 1.82) is 0 Å². The number of unbranched alkanes of at least 4 members (excludes halogenated alkanes) is 8. The third-order valence-corrected chi connectivity index (χ3v) is 3.26. The van der Waals surface area contributed by atoms with Crippen LogP contribution >= 0.6 is 0 Å². The molecule has 0 unspecified atom stereocenters. The van der Waals surface area contributed by atoms with Gasteiger partial charge in [0.2, 0.25) is 5.91 Å². The van der Waals surface area contributed by atoms with Crippen molar-refractivity contribution in [3.05, 3.63) is 0 Å². The maximum absolute atomic E-state index is 11.5. The number of nitrogens with two attached hydrogens (primary N) is 1. The Hall–Kier alpha value is -0.610. The standard InChI is InChI=1S/C15H32N2O2/c1-3-4-5-6-7-8-9-10-11-12-14(19)17-15(2,16)13-18/h18H,3-13,16H2,1-2H3,(H,17,19)/t15-/m0/s1. The van der Waals surface area contributed by atoms with E-state index >= 15 is 0 Å². The molecule has 0 aromatic rings. The maximum Gasteiger partial charge on any atom is 0.221 e. The van der Waals surface area contributed by atoms with E-state index in [9.17, 15) is 4.79 Å². The van der Waals surface area contributed by atoms with Gasteiger partial charge in [0.1, 0.15) is 5.66 Å². The Balaban J connectivity index is 3.32. The third-order valence-electron chi connectivity index (χ3n) is 3.26. The molecule has 0 radical (unpaired) electrons. The SMILES string of the molecule is CCCCCCCCCCCC(=O)N[C@](C)(N)CO. The number of amides is 1. The number of nitrogens with one attached hydrogen (secondary N) is 1. The van der Waals surface area contributed by atoms with Gasteiger partial charge in [0, 0.05) is 6.42 Å². The van der Waals surface area contributed by atoms with Crippen LogP contribution in [-0.2, 0) is 4.79 Å². The summed E-state index contributed by atoms with van der Waals surface area (Å²) < 4.78 is 0. The van der Waals surface area contributed by atoms with E-state index in [2.05, 4.69) is 12.2 Å². The van der Waals surface area contributed by atoms with E-state index in [0.717, 1.165) is 12.8 Å². The van der Waals surface area contributed by atoms with Crippen molar-refractivity contribution >= 4 is 5.91 Å². The zero-order chi connectivity index (χ0) is 14.6. The second-order valence-electron chi connectivity index (χ2n) is 5.70. The first-order chi connectivity index (χ1) is 9.02. The monoisotopic (exact) mass is 272 g/mol. The Morgan fingerprint density at radius 1 is 1.05 bits per heavy atom. The lowest BCUT2D eigenvalue weighted by molar-refractivity contribution is -0.123. The van der Waals surface area contributed by atoms with Crippen molar-refractivity contribution in [1.82, 2.24) is 5.32 Å². The van der Waals surface area contributed by atoms with Crippen LogP contribution in [0.4, 0.5) is 0 Å². The first kappa shape index (κ1) is 18.4. The molecular formula is C15H32N2O2. The number of hydrogen-bond acceptors (Lipinski definition) is 3. The second kappa shape index (κ2) is 11.2. The van der Waals surface area contributed by atoms with Crippen molar-refractivity contribution in [2.45, 2.75) is 83.7 Å². The number of carbonyl (C=O) groups is 1. The third kappa shape index (κ3) is 12.2. The first-order valence-electron chi connectivity index (χ1n) is 7.72. The van der Waals surface area contributed by atoms with Crippen LogP contribution in [0.3, 0.4) is 0 Å². The summed E-state index contributed by atoms with van der Waals surface area (Å²) in [6.45, 7) is 3.60. The van der Waals surface area contributed by atoms with Crippen molar-refractivity contribution in [3.8, 4) is 0 Å². The summed E-state index contributed by atoms with van der Waals surface area (Å²) in [7, 11) is 0. The molecule has 0 aliphatic heterocycles. The highest BCUT2D eigenvalue weighted by molar-refractivity contribution is 5.76. The summed E-state index contributed by atoms with van der Waals surface area (Å²) in [5, 5.41) is 11.6. The number of aliphatic hydroxyl groups excluding tert-OH is 1. The minimum Gasteiger partial charge on any atom is -0.393 e. The Labute approximate surface area is 118 Å². The summed E-state index contributed by atoms with van der Waals surface area (Å²) in [4.78, 5) is 11.5. The number of carbonyl (C=O) groups excluding carboxylic acids is 1. The number of hydrogen-bond donors (Lipinski definition) is 3. The van der Waals surface area contributed by atoms with Crippen molar-refractivity contribution in [2.75, 3.05) is 6.61 Å². The predicted octanol–water partition coefficient (Wildman–Crippen LogP) is 2.69. The van der Waals surface area contributed by atoms with E-state index in [1.807, 2.05) is 0 Å². The largest absolute Gasteiger partial charge is 0.393 e. The van der Waals surface area contributed by atoms with E-state index < -0.39 is 5.66 Å². The van der Waals surface area contributed by atoms with Gasteiger partial charge < -0.3 is 16.2 Å². The lowest BCUT2D eigenvalue weighted by Crippen LogP contribution is -2.56. The van der Waals surface area contributed by atoms with E-state index in [0.29, 0.717) is 6.42 Å². The molecule has 0 rings (SSSR count). The molecule has 4 N–H and O–H groups in total.